The Labute approximate surface area is 170 Å². The topological polar surface area (TPSA) is 95.5 Å². The maximum Gasteiger partial charge on any atom is 0.261 e. The van der Waals surface area contributed by atoms with E-state index < -0.39 is 21.8 Å². The zero-order valence-corrected chi connectivity index (χ0v) is 16.7. The van der Waals surface area contributed by atoms with Gasteiger partial charge in [-0.2, -0.15) is 0 Å². The molecule has 0 aromatic heterocycles. The largest absolute Gasteiger partial charge is 0.289 e. The molecule has 1 unspecified atom stereocenters. The molecule has 0 aliphatic rings. The minimum absolute atomic E-state index is 0.181. The van der Waals surface area contributed by atoms with E-state index in [1.165, 1.54) is 0 Å². The molecule has 1 atom stereocenters. The number of aryl methyl sites for hydroxylation is 1. The van der Waals surface area contributed by atoms with Gasteiger partial charge in [0.15, 0.2) is 0 Å². The van der Waals surface area contributed by atoms with Crippen molar-refractivity contribution in [2.24, 2.45) is 0 Å². The van der Waals surface area contributed by atoms with Crippen LogP contribution in [0.3, 0.4) is 0 Å². The molecule has 0 spiro atoms. The normalized spacial score (nSPS) is 12.2. The fourth-order valence-electron chi connectivity index (χ4n) is 3.07. The number of hydrogen-bond acceptors (Lipinski definition) is 4. The highest BCUT2D eigenvalue weighted by Crippen LogP contribution is 2.27. The van der Waals surface area contributed by atoms with Crippen molar-refractivity contribution in [3.63, 3.8) is 0 Å². The summed E-state index contributed by atoms with van der Waals surface area (Å²) in [6.45, 7) is 2.00. The average molecular weight is 410 g/mol. The van der Waals surface area contributed by atoms with Gasteiger partial charge in [-0.1, -0.05) is 61.5 Å². The second-order valence-corrected chi connectivity index (χ2v) is 8.23. The van der Waals surface area contributed by atoms with Gasteiger partial charge in [0.1, 0.15) is 0 Å². The molecule has 1 amide bonds. The van der Waals surface area contributed by atoms with Crippen molar-refractivity contribution >= 4 is 21.6 Å². The summed E-state index contributed by atoms with van der Waals surface area (Å²) in [4.78, 5) is 12.4. The smallest absolute Gasteiger partial charge is 0.261 e. The Morgan fingerprint density at radius 1 is 0.897 bits per heavy atom. The number of nitrogens with one attached hydrogen (secondary N) is 2. The molecule has 0 bridgehead atoms. The molecule has 3 rings (SSSR count). The van der Waals surface area contributed by atoms with Gasteiger partial charge in [-0.15, -0.1) is 0 Å². The Balaban J connectivity index is 1.84. The highest BCUT2D eigenvalue weighted by molar-refractivity contribution is 7.92. The van der Waals surface area contributed by atoms with E-state index in [9.17, 15) is 13.2 Å². The Hall–Kier alpha value is -3.16. The number of amides is 1. The van der Waals surface area contributed by atoms with Crippen LogP contribution in [0.25, 0.3) is 0 Å². The molecule has 3 aromatic rings. The minimum atomic E-state index is -3.71. The van der Waals surface area contributed by atoms with E-state index >= 15 is 0 Å². The number of rotatable bonds is 7. The van der Waals surface area contributed by atoms with E-state index in [2.05, 4.69) is 4.72 Å². The third-order valence-electron chi connectivity index (χ3n) is 4.64. The Kier molecular flexibility index (Phi) is 6.31. The van der Waals surface area contributed by atoms with E-state index in [4.69, 9.17) is 5.21 Å². The molecule has 0 saturated heterocycles. The summed E-state index contributed by atoms with van der Waals surface area (Å²) in [6, 6.07) is 22.2. The van der Waals surface area contributed by atoms with Crippen LogP contribution in [0.5, 0.6) is 0 Å². The van der Waals surface area contributed by atoms with E-state index in [0.717, 1.165) is 12.0 Å². The van der Waals surface area contributed by atoms with Crippen LogP contribution in [-0.4, -0.2) is 19.5 Å². The second-order valence-electron chi connectivity index (χ2n) is 6.54. The first-order valence-corrected chi connectivity index (χ1v) is 10.6. The Bertz CT molecular complexity index is 1060. The predicted molar refractivity (Wildman–Crippen MR) is 111 cm³/mol. The van der Waals surface area contributed by atoms with Crippen molar-refractivity contribution in [1.29, 1.82) is 0 Å². The van der Waals surface area contributed by atoms with E-state index in [-0.39, 0.29) is 4.90 Å². The minimum Gasteiger partial charge on any atom is -0.289 e. The lowest BCUT2D eigenvalue weighted by Crippen LogP contribution is -2.27. The van der Waals surface area contributed by atoms with Crippen LogP contribution in [-0.2, 0) is 21.2 Å². The van der Waals surface area contributed by atoms with Gasteiger partial charge in [0.2, 0.25) is 0 Å². The summed E-state index contributed by atoms with van der Waals surface area (Å²) in [6.07, 6.45) is 0.833. The van der Waals surface area contributed by atoms with Crippen LogP contribution in [0.1, 0.15) is 29.5 Å². The maximum absolute atomic E-state index is 12.6. The lowest BCUT2D eigenvalue weighted by atomic mass is 9.90. The third-order valence-corrected chi connectivity index (χ3v) is 6.04. The number of hydroxylamine groups is 1. The van der Waals surface area contributed by atoms with Gasteiger partial charge in [0.05, 0.1) is 10.8 Å². The number of carbonyl (C=O) groups excluding carboxylic acids is 1. The molecule has 150 valence electrons. The van der Waals surface area contributed by atoms with Crippen molar-refractivity contribution in [1.82, 2.24) is 5.48 Å². The fraction of sp³-hybridized carbons (Fsp3) is 0.136. The predicted octanol–water partition coefficient (Wildman–Crippen LogP) is 3.69. The van der Waals surface area contributed by atoms with E-state index in [1.54, 1.807) is 78.3 Å². The van der Waals surface area contributed by atoms with E-state index in [0.29, 0.717) is 16.8 Å². The van der Waals surface area contributed by atoms with Crippen molar-refractivity contribution < 1.29 is 18.4 Å². The van der Waals surface area contributed by atoms with Gasteiger partial charge in [0.25, 0.3) is 15.9 Å². The van der Waals surface area contributed by atoms with Crippen molar-refractivity contribution in [3.05, 3.63) is 95.6 Å². The Morgan fingerprint density at radius 2 is 1.48 bits per heavy atom. The molecule has 3 N–H and O–H groups in total. The molecule has 0 aliphatic heterocycles. The quantitative estimate of drug-likeness (QED) is 0.409. The summed E-state index contributed by atoms with van der Waals surface area (Å²) in [5.41, 5.74) is 4.47. The third kappa shape index (κ3) is 4.82. The van der Waals surface area contributed by atoms with Crippen molar-refractivity contribution in [3.8, 4) is 0 Å². The molecule has 0 aliphatic carbocycles. The van der Waals surface area contributed by atoms with Gasteiger partial charge in [-0.25, -0.2) is 13.9 Å². The number of benzene rings is 3. The first-order valence-electron chi connectivity index (χ1n) is 9.15. The van der Waals surface area contributed by atoms with Gasteiger partial charge in [-0.05, 0) is 47.4 Å². The van der Waals surface area contributed by atoms with Crippen LogP contribution < -0.4 is 10.2 Å². The molecule has 0 heterocycles. The van der Waals surface area contributed by atoms with Gasteiger partial charge in [-0.3, -0.25) is 14.7 Å². The maximum atomic E-state index is 12.6. The second kappa shape index (κ2) is 8.89. The molecule has 0 saturated carbocycles. The van der Waals surface area contributed by atoms with Gasteiger partial charge in [0, 0.05) is 5.69 Å². The molecule has 0 fully saturated rings. The van der Waals surface area contributed by atoms with Crippen molar-refractivity contribution in [2.45, 2.75) is 24.2 Å². The van der Waals surface area contributed by atoms with Crippen LogP contribution in [0.4, 0.5) is 5.69 Å². The first kappa shape index (κ1) is 20.6. The summed E-state index contributed by atoms with van der Waals surface area (Å²) < 4.78 is 27.7. The number of hydrogen-bond donors (Lipinski definition) is 3. The average Bonchev–Trinajstić information content (AvgIpc) is 2.75. The molecular weight excluding hydrogens is 388 g/mol. The van der Waals surface area contributed by atoms with Crippen molar-refractivity contribution in [2.75, 3.05) is 4.72 Å². The fourth-order valence-corrected chi connectivity index (χ4v) is 4.13. The van der Waals surface area contributed by atoms with Crippen LogP contribution in [0.2, 0.25) is 0 Å². The molecule has 6 nitrogen and oxygen atoms in total. The van der Waals surface area contributed by atoms with Gasteiger partial charge < -0.3 is 0 Å². The molecule has 3 aromatic carbocycles. The van der Waals surface area contributed by atoms with Gasteiger partial charge >= 0.3 is 0 Å². The summed E-state index contributed by atoms with van der Waals surface area (Å²) in [5.74, 6) is -1.28. The van der Waals surface area contributed by atoms with Crippen LogP contribution >= 0.6 is 0 Å². The highest BCUT2D eigenvalue weighted by atomic mass is 32.2. The lowest BCUT2D eigenvalue weighted by Gasteiger charge is -2.16. The van der Waals surface area contributed by atoms with Crippen LogP contribution in [0, 0.1) is 0 Å². The molecule has 29 heavy (non-hydrogen) atoms. The number of carbonyl (C=O) groups is 1. The summed E-state index contributed by atoms with van der Waals surface area (Å²) in [7, 11) is -3.71. The SMILES string of the molecule is CCc1ccc(S(=O)(=O)Nc2ccc(C(C(=O)NO)c3ccccc3)cc2)cc1. The molecule has 0 radical (unpaired) electrons. The number of sulfonamides is 1. The van der Waals surface area contributed by atoms with E-state index in [1.807, 2.05) is 13.0 Å². The summed E-state index contributed by atoms with van der Waals surface area (Å²) in [5, 5.41) is 9.11. The zero-order chi connectivity index (χ0) is 20.9. The zero-order valence-electron chi connectivity index (χ0n) is 15.9. The number of anilines is 1. The standard InChI is InChI=1S/C22H22N2O4S/c1-2-16-8-14-20(15-9-16)29(27,28)24-19-12-10-18(11-13-19)21(22(25)23-26)17-6-4-3-5-7-17/h3-15,21,24,26H,2H2,1H3,(H,23,25). The Morgan fingerprint density at radius 3 is 2.03 bits per heavy atom. The summed E-state index contributed by atoms with van der Waals surface area (Å²) >= 11 is 0. The highest BCUT2D eigenvalue weighted by Gasteiger charge is 2.22. The molecule has 7 heteroatoms. The first-order chi connectivity index (χ1) is 13.9. The monoisotopic (exact) mass is 410 g/mol. The molecular formula is C22H22N2O4S. The van der Waals surface area contributed by atoms with Crippen LogP contribution in [0.15, 0.2) is 83.8 Å². The lowest BCUT2D eigenvalue weighted by molar-refractivity contribution is -0.129.